The van der Waals surface area contributed by atoms with Gasteiger partial charge in [-0.15, -0.1) is 0 Å². The van der Waals surface area contributed by atoms with Crippen LogP contribution in [0.2, 0.25) is 0 Å². The number of aliphatic carboxylic acids is 1. The minimum atomic E-state index is -1.04. The number of carboxylic acids is 1. The molecule has 0 fully saturated rings. The van der Waals surface area contributed by atoms with Gasteiger partial charge in [-0.05, 0) is 6.42 Å². The molecule has 0 spiro atoms. The normalized spacial score (nSPS) is 11.6. The van der Waals surface area contributed by atoms with Crippen molar-refractivity contribution in [1.82, 2.24) is 4.90 Å². The third kappa shape index (κ3) is 3.47. The van der Waals surface area contributed by atoms with E-state index in [0.29, 0.717) is 6.42 Å². The van der Waals surface area contributed by atoms with Gasteiger partial charge >= 0.3 is 12.1 Å². The molecule has 5 nitrogen and oxygen atoms in total. The molecule has 80 valence electrons. The number of hydrogen-bond acceptors (Lipinski definition) is 3. The maximum atomic E-state index is 11.2. The molecule has 14 heavy (non-hydrogen) atoms. The number of rotatable bonds is 5. The summed E-state index contributed by atoms with van der Waals surface area (Å²) in [5, 5.41) is 8.75. The van der Waals surface area contributed by atoms with Crippen molar-refractivity contribution in [3.63, 3.8) is 0 Å². The summed E-state index contributed by atoms with van der Waals surface area (Å²) >= 11 is 0. The SMILES string of the molecule is C=CCOC(=O)N(C)[C@@H](CC)C(=O)O. The topological polar surface area (TPSA) is 66.8 Å². The molecule has 0 aromatic rings. The fourth-order valence-corrected chi connectivity index (χ4v) is 0.973. The lowest BCUT2D eigenvalue weighted by Crippen LogP contribution is -2.42. The maximum absolute atomic E-state index is 11.2. The van der Waals surface area contributed by atoms with E-state index in [2.05, 4.69) is 6.58 Å². The standard InChI is InChI=1S/C9H15NO4/c1-4-6-14-9(13)10(3)7(5-2)8(11)12/h4,7H,1,5-6H2,2-3H3,(H,11,12)/t7-/m0/s1. The molecule has 0 bridgehead atoms. The highest BCUT2D eigenvalue weighted by Crippen LogP contribution is 2.03. The number of carboxylic acid groups (broad SMARTS) is 1. The van der Waals surface area contributed by atoms with E-state index < -0.39 is 18.1 Å². The zero-order chi connectivity index (χ0) is 11.1. The second kappa shape index (κ2) is 6.01. The summed E-state index contributed by atoms with van der Waals surface area (Å²) in [7, 11) is 1.40. The van der Waals surface area contributed by atoms with Crippen molar-refractivity contribution in [2.75, 3.05) is 13.7 Å². The highest BCUT2D eigenvalue weighted by molar-refractivity contribution is 5.79. The van der Waals surface area contributed by atoms with Crippen LogP contribution in [-0.2, 0) is 9.53 Å². The maximum Gasteiger partial charge on any atom is 0.410 e. The number of amides is 1. The number of hydrogen-bond donors (Lipinski definition) is 1. The smallest absolute Gasteiger partial charge is 0.410 e. The Morgan fingerprint density at radius 3 is 2.57 bits per heavy atom. The Morgan fingerprint density at radius 2 is 2.21 bits per heavy atom. The van der Waals surface area contributed by atoms with Crippen LogP contribution in [0.5, 0.6) is 0 Å². The van der Waals surface area contributed by atoms with E-state index in [1.807, 2.05) is 0 Å². The van der Waals surface area contributed by atoms with Crippen molar-refractivity contribution in [1.29, 1.82) is 0 Å². The van der Waals surface area contributed by atoms with Crippen molar-refractivity contribution in [2.45, 2.75) is 19.4 Å². The quantitative estimate of drug-likeness (QED) is 0.676. The van der Waals surface area contributed by atoms with Gasteiger partial charge in [0.25, 0.3) is 0 Å². The molecule has 0 saturated carbocycles. The van der Waals surface area contributed by atoms with Crippen molar-refractivity contribution in [3.8, 4) is 0 Å². The number of nitrogens with zero attached hydrogens (tertiary/aromatic N) is 1. The number of carbonyl (C=O) groups is 2. The molecule has 1 amide bonds. The molecular weight excluding hydrogens is 186 g/mol. The van der Waals surface area contributed by atoms with Gasteiger partial charge in [0.15, 0.2) is 0 Å². The molecule has 0 unspecified atom stereocenters. The van der Waals surface area contributed by atoms with Crippen LogP contribution in [0, 0.1) is 0 Å². The van der Waals surface area contributed by atoms with Gasteiger partial charge in [-0.3, -0.25) is 4.90 Å². The van der Waals surface area contributed by atoms with Crippen LogP contribution < -0.4 is 0 Å². The van der Waals surface area contributed by atoms with Crippen molar-refractivity contribution in [3.05, 3.63) is 12.7 Å². The zero-order valence-corrected chi connectivity index (χ0v) is 8.40. The Kier molecular flexibility index (Phi) is 5.36. The third-order valence-corrected chi connectivity index (χ3v) is 1.75. The Labute approximate surface area is 83.0 Å². The van der Waals surface area contributed by atoms with Crippen molar-refractivity contribution < 1.29 is 19.4 Å². The summed E-state index contributed by atoms with van der Waals surface area (Å²) in [5.41, 5.74) is 0. The summed E-state index contributed by atoms with van der Waals surface area (Å²) in [6.07, 6.45) is 1.11. The Balaban J connectivity index is 4.26. The highest BCUT2D eigenvalue weighted by atomic mass is 16.6. The van der Waals surface area contributed by atoms with Crippen molar-refractivity contribution >= 4 is 12.1 Å². The molecule has 5 heteroatoms. The predicted molar refractivity (Wildman–Crippen MR) is 51.0 cm³/mol. The minimum Gasteiger partial charge on any atom is -0.480 e. The number of carbonyl (C=O) groups excluding carboxylic acids is 1. The molecule has 0 aliphatic heterocycles. The average molecular weight is 201 g/mol. The van der Waals surface area contributed by atoms with E-state index in [4.69, 9.17) is 9.84 Å². The molecule has 1 N–H and O–H groups in total. The summed E-state index contributed by atoms with van der Waals surface area (Å²) in [6, 6.07) is -0.840. The highest BCUT2D eigenvalue weighted by Gasteiger charge is 2.25. The fourth-order valence-electron chi connectivity index (χ4n) is 0.973. The van der Waals surface area contributed by atoms with Crippen LogP contribution in [0.1, 0.15) is 13.3 Å². The summed E-state index contributed by atoms with van der Waals surface area (Å²) in [5.74, 6) is -1.04. The van der Waals surface area contributed by atoms with Crippen LogP contribution in [-0.4, -0.2) is 41.8 Å². The Morgan fingerprint density at radius 1 is 1.64 bits per heavy atom. The summed E-state index contributed by atoms with van der Waals surface area (Å²) < 4.78 is 4.69. The number of ether oxygens (including phenoxy) is 1. The molecule has 0 heterocycles. The predicted octanol–water partition coefficient (Wildman–Crippen LogP) is 1.10. The second-order valence-electron chi connectivity index (χ2n) is 2.74. The van der Waals surface area contributed by atoms with Gasteiger partial charge in [0.2, 0.25) is 0 Å². The van der Waals surface area contributed by atoms with E-state index in [1.165, 1.54) is 13.1 Å². The summed E-state index contributed by atoms with van der Waals surface area (Å²) in [6.45, 7) is 5.15. The Hall–Kier alpha value is -1.52. The van der Waals surface area contributed by atoms with Gasteiger partial charge in [-0.2, -0.15) is 0 Å². The molecule has 0 radical (unpaired) electrons. The zero-order valence-electron chi connectivity index (χ0n) is 8.40. The van der Waals surface area contributed by atoms with Gasteiger partial charge in [-0.25, -0.2) is 9.59 Å². The van der Waals surface area contributed by atoms with Gasteiger partial charge in [0, 0.05) is 7.05 Å². The lowest BCUT2D eigenvalue weighted by atomic mass is 10.2. The monoisotopic (exact) mass is 201 g/mol. The first kappa shape index (κ1) is 12.5. The van der Waals surface area contributed by atoms with Crippen LogP contribution >= 0.6 is 0 Å². The van der Waals surface area contributed by atoms with Gasteiger partial charge < -0.3 is 9.84 Å². The molecule has 0 aromatic heterocycles. The van der Waals surface area contributed by atoms with Crippen LogP contribution in [0.25, 0.3) is 0 Å². The first-order chi connectivity index (χ1) is 6.54. The second-order valence-corrected chi connectivity index (χ2v) is 2.74. The van der Waals surface area contributed by atoms with Gasteiger partial charge in [0.05, 0.1) is 0 Å². The molecule has 0 aliphatic carbocycles. The van der Waals surface area contributed by atoms with Crippen LogP contribution in [0.3, 0.4) is 0 Å². The number of likely N-dealkylation sites (N-methyl/N-ethyl adjacent to an activating group) is 1. The molecule has 0 saturated heterocycles. The Bertz CT molecular complexity index is 227. The van der Waals surface area contributed by atoms with Crippen LogP contribution in [0.4, 0.5) is 4.79 Å². The van der Waals surface area contributed by atoms with Gasteiger partial charge in [0.1, 0.15) is 12.6 Å². The van der Waals surface area contributed by atoms with Gasteiger partial charge in [-0.1, -0.05) is 19.6 Å². The van der Waals surface area contributed by atoms with E-state index >= 15 is 0 Å². The lowest BCUT2D eigenvalue weighted by molar-refractivity contribution is -0.142. The molecule has 1 atom stereocenters. The van der Waals surface area contributed by atoms with E-state index in [1.54, 1.807) is 6.92 Å². The fraction of sp³-hybridized carbons (Fsp3) is 0.556. The molecule has 0 rings (SSSR count). The third-order valence-electron chi connectivity index (χ3n) is 1.75. The lowest BCUT2D eigenvalue weighted by Gasteiger charge is -2.22. The molecular formula is C9H15NO4. The minimum absolute atomic E-state index is 0.0826. The molecule has 0 aromatic carbocycles. The van der Waals surface area contributed by atoms with E-state index in [0.717, 1.165) is 4.90 Å². The largest absolute Gasteiger partial charge is 0.480 e. The van der Waals surface area contributed by atoms with Crippen LogP contribution in [0.15, 0.2) is 12.7 Å². The first-order valence-electron chi connectivity index (χ1n) is 4.27. The summed E-state index contributed by atoms with van der Waals surface area (Å²) in [4.78, 5) is 22.9. The van der Waals surface area contributed by atoms with E-state index in [-0.39, 0.29) is 6.61 Å². The average Bonchev–Trinajstić information content (AvgIpc) is 2.14. The van der Waals surface area contributed by atoms with E-state index in [9.17, 15) is 9.59 Å². The molecule has 0 aliphatic rings. The first-order valence-corrected chi connectivity index (χ1v) is 4.27. The van der Waals surface area contributed by atoms with Crippen molar-refractivity contribution in [2.24, 2.45) is 0 Å².